The summed E-state index contributed by atoms with van der Waals surface area (Å²) in [6, 6.07) is 13.8. The summed E-state index contributed by atoms with van der Waals surface area (Å²) >= 11 is 5.99. The van der Waals surface area contributed by atoms with Crippen molar-refractivity contribution in [3.63, 3.8) is 0 Å². The average Bonchev–Trinajstić information content (AvgIpc) is 2.97. The number of amides is 1. The smallest absolute Gasteiger partial charge is 0.295 e. The van der Waals surface area contributed by atoms with Crippen LogP contribution in [0.25, 0.3) is 5.69 Å². The summed E-state index contributed by atoms with van der Waals surface area (Å²) in [6.07, 6.45) is 0. The van der Waals surface area contributed by atoms with Gasteiger partial charge < -0.3 is 5.32 Å². The normalized spacial score (nSPS) is 10.5. The number of nitrogens with one attached hydrogen (secondary N) is 1. The Bertz CT molecular complexity index is 948. The summed E-state index contributed by atoms with van der Waals surface area (Å²) in [5.41, 5.74) is 1.87. The predicted molar refractivity (Wildman–Crippen MR) is 95.5 cm³/mol. The van der Waals surface area contributed by atoms with E-state index in [0.29, 0.717) is 22.1 Å². The molecular weight excluding hydrogens is 340 g/mol. The molecule has 0 aliphatic heterocycles. The van der Waals surface area contributed by atoms with Gasteiger partial charge in [-0.2, -0.15) is 0 Å². The molecule has 2 aromatic carbocycles. The van der Waals surface area contributed by atoms with Gasteiger partial charge in [-0.05, 0) is 56.3 Å². The second kappa shape index (κ2) is 6.86. The Morgan fingerprint density at radius 2 is 1.84 bits per heavy atom. The van der Waals surface area contributed by atoms with Gasteiger partial charge in [-0.3, -0.25) is 9.59 Å². The van der Waals surface area contributed by atoms with Crippen molar-refractivity contribution in [2.75, 3.05) is 5.32 Å². The SMILES string of the molecule is CC(=O)c1ccc(NC(=O)c2nc(C)n(-c3cccc(Cl)c3)n2)cc1. The number of aryl methyl sites for hydroxylation is 1. The molecule has 1 heterocycles. The van der Waals surface area contributed by atoms with Crippen LogP contribution in [-0.2, 0) is 0 Å². The van der Waals surface area contributed by atoms with Crippen LogP contribution in [0.3, 0.4) is 0 Å². The van der Waals surface area contributed by atoms with E-state index < -0.39 is 5.91 Å². The van der Waals surface area contributed by atoms with Gasteiger partial charge in [-0.1, -0.05) is 17.7 Å². The highest BCUT2D eigenvalue weighted by Crippen LogP contribution is 2.16. The molecular formula is C18H15ClN4O2. The van der Waals surface area contributed by atoms with Crippen LogP contribution in [0.4, 0.5) is 5.69 Å². The largest absolute Gasteiger partial charge is 0.319 e. The summed E-state index contributed by atoms with van der Waals surface area (Å²) in [5, 5.41) is 7.53. The van der Waals surface area contributed by atoms with Gasteiger partial charge in [0.2, 0.25) is 5.82 Å². The zero-order valence-corrected chi connectivity index (χ0v) is 14.4. The number of aromatic nitrogens is 3. The predicted octanol–water partition coefficient (Wildman–Crippen LogP) is 3.68. The number of carbonyl (C=O) groups is 2. The minimum atomic E-state index is -0.431. The molecule has 1 amide bonds. The lowest BCUT2D eigenvalue weighted by Gasteiger charge is -2.04. The van der Waals surface area contributed by atoms with E-state index in [4.69, 9.17) is 11.6 Å². The van der Waals surface area contributed by atoms with E-state index in [9.17, 15) is 9.59 Å². The third kappa shape index (κ3) is 3.75. The first-order valence-electron chi connectivity index (χ1n) is 7.56. The average molecular weight is 355 g/mol. The van der Waals surface area contributed by atoms with E-state index in [1.54, 1.807) is 54.1 Å². The molecule has 1 N–H and O–H groups in total. The fourth-order valence-electron chi connectivity index (χ4n) is 2.31. The lowest BCUT2D eigenvalue weighted by Crippen LogP contribution is -2.14. The molecule has 0 atom stereocenters. The van der Waals surface area contributed by atoms with Crippen LogP contribution in [0, 0.1) is 6.92 Å². The number of hydrogen-bond acceptors (Lipinski definition) is 4. The quantitative estimate of drug-likeness (QED) is 0.725. The van der Waals surface area contributed by atoms with E-state index in [0.717, 1.165) is 5.69 Å². The van der Waals surface area contributed by atoms with Crippen molar-refractivity contribution in [1.82, 2.24) is 14.8 Å². The monoisotopic (exact) mass is 354 g/mol. The first kappa shape index (κ1) is 16.9. The minimum absolute atomic E-state index is 0.0320. The van der Waals surface area contributed by atoms with E-state index in [2.05, 4.69) is 15.4 Å². The number of benzene rings is 2. The fourth-order valence-corrected chi connectivity index (χ4v) is 2.50. The summed E-state index contributed by atoms with van der Waals surface area (Å²) in [5.74, 6) is 0.155. The van der Waals surface area contributed by atoms with Crippen molar-refractivity contribution < 1.29 is 9.59 Å². The molecule has 126 valence electrons. The second-order valence-electron chi connectivity index (χ2n) is 5.46. The summed E-state index contributed by atoms with van der Waals surface area (Å²) in [7, 11) is 0. The molecule has 7 heteroatoms. The number of Topliss-reactive ketones (excluding diaryl/α,β-unsaturated/α-hetero) is 1. The number of hydrogen-bond donors (Lipinski definition) is 1. The second-order valence-corrected chi connectivity index (χ2v) is 5.90. The van der Waals surface area contributed by atoms with Crippen molar-refractivity contribution in [2.24, 2.45) is 0 Å². The lowest BCUT2D eigenvalue weighted by molar-refractivity contribution is 0.101. The van der Waals surface area contributed by atoms with Gasteiger partial charge in [0.15, 0.2) is 5.78 Å². The van der Waals surface area contributed by atoms with Crippen molar-refractivity contribution >= 4 is 29.0 Å². The molecule has 0 radical (unpaired) electrons. The molecule has 0 saturated carbocycles. The topological polar surface area (TPSA) is 76.9 Å². The minimum Gasteiger partial charge on any atom is -0.319 e. The molecule has 0 bridgehead atoms. The zero-order chi connectivity index (χ0) is 18.0. The van der Waals surface area contributed by atoms with Gasteiger partial charge in [0.1, 0.15) is 5.82 Å². The van der Waals surface area contributed by atoms with Crippen LogP contribution in [0.5, 0.6) is 0 Å². The molecule has 0 saturated heterocycles. The first-order valence-corrected chi connectivity index (χ1v) is 7.94. The van der Waals surface area contributed by atoms with E-state index >= 15 is 0 Å². The fraction of sp³-hybridized carbons (Fsp3) is 0.111. The molecule has 0 aliphatic rings. The number of halogens is 1. The molecule has 25 heavy (non-hydrogen) atoms. The molecule has 3 rings (SSSR count). The third-order valence-corrected chi connectivity index (χ3v) is 3.81. The molecule has 0 aliphatic carbocycles. The number of nitrogens with zero attached hydrogens (tertiary/aromatic N) is 3. The highest BCUT2D eigenvalue weighted by molar-refractivity contribution is 6.30. The van der Waals surface area contributed by atoms with E-state index in [1.807, 2.05) is 6.07 Å². The number of ketones is 1. The van der Waals surface area contributed by atoms with Gasteiger partial charge in [0, 0.05) is 16.3 Å². The molecule has 0 unspecified atom stereocenters. The van der Waals surface area contributed by atoms with Crippen LogP contribution in [0.1, 0.15) is 33.7 Å². The highest BCUT2D eigenvalue weighted by atomic mass is 35.5. The van der Waals surface area contributed by atoms with E-state index in [1.165, 1.54) is 6.92 Å². The van der Waals surface area contributed by atoms with Crippen molar-refractivity contribution in [2.45, 2.75) is 13.8 Å². The Hall–Kier alpha value is -2.99. The number of carbonyl (C=O) groups excluding carboxylic acids is 2. The summed E-state index contributed by atoms with van der Waals surface area (Å²) in [6.45, 7) is 3.25. The van der Waals surface area contributed by atoms with Gasteiger partial charge in [0.25, 0.3) is 5.91 Å². The number of anilines is 1. The van der Waals surface area contributed by atoms with Crippen LogP contribution < -0.4 is 5.32 Å². The van der Waals surface area contributed by atoms with Crippen LogP contribution >= 0.6 is 11.6 Å². The Morgan fingerprint density at radius 1 is 1.12 bits per heavy atom. The van der Waals surface area contributed by atoms with Gasteiger partial charge in [-0.15, -0.1) is 5.10 Å². The van der Waals surface area contributed by atoms with Crippen LogP contribution in [0.2, 0.25) is 5.02 Å². The standard InChI is InChI=1S/C18H15ClN4O2/c1-11(24)13-6-8-15(9-7-13)21-18(25)17-20-12(2)23(22-17)16-5-3-4-14(19)10-16/h3-10H,1-2H3,(H,21,25). The van der Waals surface area contributed by atoms with Gasteiger partial charge in [-0.25, -0.2) is 9.67 Å². The molecule has 6 nitrogen and oxygen atoms in total. The van der Waals surface area contributed by atoms with Gasteiger partial charge >= 0.3 is 0 Å². The van der Waals surface area contributed by atoms with Crippen LogP contribution in [0.15, 0.2) is 48.5 Å². The molecule has 0 fully saturated rings. The van der Waals surface area contributed by atoms with Crippen molar-refractivity contribution in [3.8, 4) is 5.69 Å². The maximum absolute atomic E-state index is 12.4. The lowest BCUT2D eigenvalue weighted by atomic mass is 10.1. The van der Waals surface area contributed by atoms with E-state index in [-0.39, 0.29) is 11.6 Å². The zero-order valence-electron chi connectivity index (χ0n) is 13.7. The summed E-state index contributed by atoms with van der Waals surface area (Å²) in [4.78, 5) is 27.8. The highest BCUT2D eigenvalue weighted by Gasteiger charge is 2.15. The maximum atomic E-state index is 12.4. The Labute approximate surface area is 149 Å². The third-order valence-electron chi connectivity index (χ3n) is 3.57. The van der Waals surface area contributed by atoms with Crippen molar-refractivity contribution in [3.05, 3.63) is 70.8 Å². The maximum Gasteiger partial charge on any atom is 0.295 e. The molecule has 3 aromatic rings. The van der Waals surface area contributed by atoms with Crippen LogP contribution in [-0.4, -0.2) is 26.5 Å². The number of rotatable bonds is 4. The van der Waals surface area contributed by atoms with Crippen molar-refractivity contribution in [1.29, 1.82) is 0 Å². The molecule has 0 spiro atoms. The first-order chi connectivity index (χ1) is 11.9. The van der Waals surface area contributed by atoms with Gasteiger partial charge in [0.05, 0.1) is 5.69 Å². The Morgan fingerprint density at radius 3 is 2.48 bits per heavy atom. The molecule has 1 aromatic heterocycles. The Balaban J connectivity index is 1.81. The Kier molecular flexibility index (Phi) is 4.63. The summed E-state index contributed by atoms with van der Waals surface area (Å²) < 4.78 is 1.56.